The van der Waals surface area contributed by atoms with Crippen LogP contribution in [-0.4, -0.2) is 11.7 Å². The van der Waals surface area contributed by atoms with E-state index in [1.807, 2.05) is 0 Å². The Morgan fingerprint density at radius 3 is 1.76 bits per heavy atom. The van der Waals surface area contributed by atoms with E-state index in [0.29, 0.717) is 6.61 Å². The molecule has 0 saturated heterocycles. The molecule has 0 amide bonds. The molecule has 17 heavy (non-hydrogen) atoms. The Hall–Kier alpha value is -0.560. The Labute approximate surface area is 108 Å². The van der Waals surface area contributed by atoms with Gasteiger partial charge in [0.15, 0.2) is 0 Å². The minimum absolute atomic E-state index is 0.347. The fraction of sp³-hybridized carbons (Fsp3) is 0.750. The normalized spacial score (nSPS) is 11.9. The molecule has 0 aromatic rings. The van der Waals surface area contributed by atoms with Gasteiger partial charge in [0.1, 0.15) is 0 Å². The predicted molar refractivity (Wildman–Crippen MR) is 77.2 cm³/mol. The topological polar surface area (TPSA) is 20.2 Å². The van der Waals surface area contributed by atoms with E-state index in [1.54, 1.807) is 0 Å². The van der Waals surface area contributed by atoms with E-state index >= 15 is 0 Å². The highest BCUT2D eigenvalue weighted by Crippen LogP contribution is 2.04. The van der Waals surface area contributed by atoms with Crippen molar-refractivity contribution in [2.75, 3.05) is 6.61 Å². The van der Waals surface area contributed by atoms with Crippen molar-refractivity contribution < 1.29 is 5.11 Å². The first-order valence-electron chi connectivity index (χ1n) is 7.32. The van der Waals surface area contributed by atoms with Crippen molar-refractivity contribution in [3.05, 3.63) is 24.3 Å². The summed E-state index contributed by atoms with van der Waals surface area (Å²) in [6.45, 7) is 2.58. The monoisotopic (exact) mass is 238 g/mol. The van der Waals surface area contributed by atoms with Crippen molar-refractivity contribution in [1.82, 2.24) is 0 Å². The molecule has 0 saturated carbocycles. The van der Waals surface area contributed by atoms with Gasteiger partial charge in [0.2, 0.25) is 0 Å². The summed E-state index contributed by atoms with van der Waals surface area (Å²) in [6, 6.07) is 0. The molecule has 0 atom stereocenters. The Morgan fingerprint density at radius 2 is 1.18 bits per heavy atom. The number of allylic oxidation sites excluding steroid dienone is 4. The second-order valence-corrected chi connectivity index (χ2v) is 4.59. The quantitative estimate of drug-likeness (QED) is 0.374. The molecule has 1 heteroatoms. The minimum atomic E-state index is 0.347. The van der Waals surface area contributed by atoms with Crippen molar-refractivity contribution in [3.8, 4) is 0 Å². The van der Waals surface area contributed by atoms with Crippen molar-refractivity contribution >= 4 is 0 Å². The standard InChI is InChI=1S/C16H30O/c1-2-3-4-5-6-7-8-9-10-11-12-13-14-15-16-17/h5-6,9-10,17H,2-4,7-8,11-16H2,1H3/b6-5+,10-9-. The Morgan fingerprint density at radius 1 is 0.647 bits per heavy atom. The van der Waals surface area contributed by atoms with Gasteiger partial charge in [-0.25, -0.2) is 0 Å². The zero-order valence-corrected chi connectivity index (χ0v) is 11.5. The third-order valence-electron chi connectivity index (χ3n) is 2.84. The molecule has 0 heterocycles. The zero-order chi connectivity index (χ0) is 12.6. The molecule has 1 N–H and O–H groups in total. The van der Waals surface area contributed by atoms with Crippen LogP contribution in [0.25, 0.3) is 0 Å². The van der Waals surface area contributed by atoms with Crippen LogP contribution < -0.4 is 0 Å². The minimum Gasteiger partial charge on any atom is -0.396 e. The van der Waals surface area contributed by atoms with Gasteiger partial charge in [-0.15, -0.1) is 0 Å². The first kappa shape index (κ1) is 16.4. The highest BCUT2D eigenvalue weighted by atomic mass is 16.2. The number of aliphatic hydroxyl groups excluding tert-OH is 1. The Kier molecular flexibility index (Phi) is 14.9. The van der Waals surface area contributed by atoms with E-state index in [9.17, 15) is 0 Å². The van der Waals surface area contributed by atoms with E-state index in [0.717, 1.165) is 6.42 Å². The SMILES string of the molecule is CCCC/C=C/CC/C=C\CCCCCCO. The summed E-state index contributed by atoms with van der Waals surface area (Å²) >= 11 is 0. The van der Waals surface area contributed by atoms with E-state index in [1.165, 1.54) is 57.8 Å². The van der Waals surface area contributed by atoms with Gasteiger partial charge >= 0.3 is 0 Å². The molecule has 1 nitrogen and oxygen atoms in total. The molecule has 0 aliphatic heterocycles. The summed E-state index contributed by atoms with van der Waals surface area (Å²) in [7, 11) is 0. The molecule has 0 aliphatic rings. The lowest BCUT2D eigenvalue weighted by atomic mass is 10.1. The summed E-state index contributed by atoms with van der Waals surface area (Å²) in [6.07, 6.45) is 21.3. The lowest BCUT2D eigenvalue weighted by molar-refractivity contribution is 0.282. The molecule has 100 valence electrons. The Bertz CT molecular complexity index is 182. The maximum Gasteiger partial charge on any atom is 0.0431 e. The molecule has 0 spiro atoms. The molecule has 0 radical (unpaired) electrons. The van der Waals surface area contributed by atoms with Crippen LogP contribution in [0.5, 0.6) is 0 Å². The average molecular weight is 238 g/mol. The number of aliphatic hydroxyl groups is 1. The van der Waals surface area contributed by atoms with Gasteiger partial charge in [0.25, 0.3) is 0 Å². The van der Waals surface area contributed by atoms with Crippen LogP contribution in [-0.2, 0) is 0 Å². The summed E-state index contributed by atoms with van der Waals surface area (Å²) in [5, 5.41) is 8.62. The molecule has 0 rings (SSSR count). The molecule has 0 aliphatic carbocycles. The Balaban J connectivity index is 3.11. The second kappa shape index (κ2) is 15.4. The number of hydrogen-bond donors (Lipinski definition) is 1. The van der Waals surface area contributed by atoms with Gasteiger partial charge < -0.3 is 5.11 Å². The maximum absolute atomic E-state index is 8.62. The van der Waals surface area contributed by atoms with Gasteiger partial charge in [-0.3, -0.25) is 0 Å². The predicted octanol–water partition coefficient (Wildman–Crippen LogP) is 5.01. The van der Waals surface area contributed by atoms with E-state index in [4.69, 9.17) is 5.11 Å². The maximum atomic E-state index is 8.62. The second-order valence-electron chi connectivity index (χ2n) is 4.59. The summed E-state index contributed by atoms with van der Waals surface area (Å²) in [4.78, 5) is 0. The van der Waals surface area contributed by atoms with E-state index in [2.05, 4.69) is 31.2 Å². The highest BCUT2D eigenvalue weighted by Gasteiger charge is 1.86. The first-order valence-corrected chi connectivity index (χ1v) is 7.32. The average Bonchev–Trinajstić information content (AvgIpc) is 2.35. The lowest BCUT2D eigenvalue weighted by Crippen LogP contribution is -1.82. The van der Waals surface area contributed by atoms with Crippen molar-refractivity contribution in [2.45, 2.75) is 71.1 Å². The summed E-state index contributed by atoms with van der Waals surface area (Å²) in [5.41, 5.74) is 0. The molecule has 0 aromatic heterocycles. The smallest absolute Gasteiger partial charge is 0.0431 e. The molecule has 0 fully saturated rings. The van der Waals surface area contributed by atoms with Gasteiger partial charge in [-0.2, -0.15) is 0 Å². The van der Waals surface area contributed by atoms with Crippen LogP contribution in [0.2, 0.25) is 0 Å². The third kappa shape index (κ3) is 15.4. The van der Waals surface area contributed by atoms with Gasteiger partial charge in [0.05, 0.1) is 0 Å². The summed E-state index contributed by atoms with van der Waals surface area (Å²) < 4.78 is 0. The van der Waals surface area contributed by atoms with E-state index < -0.39 is 0 Å². The number of unbranched alkanes of at least 4 members (excludes halogenated alkanes) is 7. The van der Waals surface area contributed by atoms with Crippen LogP contribution in [0.1, 0.15) is 71.1 Å². The van der Waals surface area contributed by atoms with Gasteiger partial charge in [0, 0.05) is 6.61 Å². The van der Waals surface area contributed by atoms with Crippen LogP contribution in [0.3, 0.4) is 0 Å². The third-order valence-corrected chi connectivity index (χ3v) is 2.84. The molecular weight excluding hydrogens is 208 g/mol. The number of hydrogen-bond acceptors (Lipinski definition) is 1. The fourth-order valence-electron chi connectivity index (χ4n) is 1.71. The molecule has 0 bridgehead atoms. The van der Waals surface area contributed by atoms with Crippen molar-refractivity contribution in [3.63, 3.8) is 0 Å². The van der Waals surface area contributed by atoms with Gasteiger partial charge in [-0.05, 0) is 38.5 Å². The van der Waals surface area contributed by atoms with E-state index in [-0.39, 0.29) is 0 Å². The van der Waals surface area contributed by atoms with Crippen LogP contribution >= 0.6 is 0 Å². The van der Waals surface area contributed by atoms with Crippen LogP contribution in [0, 0.1) is 0 Å². The summed E-state index contributed by atoms with van der Waals surface area (Å²) in [5.74, 6) is 0. The highest BCUT2D eigenvalue weighted by molar-refractivity contribution is 4.87. The largest absolute Gasteiger partial charge is 0.396 e. The number of rotatable bonds is 12. The molecule has 0 aromatic carbocycles. The molecular formula is C16H30O. The molecule has 0 unspecified atom stereocenters. The van der Waals surface area contributed by atoms with Crippen molar-refractivity contribution in [1.29, 1.82) is 0 Å². The lowest BCUT2D eigenvalue weighted by Gasteiger charge is -1.95. The first-order chi connectivity index (χ1) is 8.41. The van der Waals surface area contributed by atoms with Crippen LogP contribution in [0.4, 0.5) is 0 Å². The van der Waals surface area contributed by atoms with Crippen LogP contribution in [0.15, 0.2) is 24.3 Å². The van der Waals surface area contributed by atoms with Gasteiger partial charge in [-0.1, -0.05) is 56.9 Å². The fourth-order valence-corrected chi connectivity index (χ4v) is 1.71. The zero-order valence-electron chi connectivity index (χ0n) is 11.5. The van der Waals surface area contributed by atoms with Crippen molar-refractivity contribution in [2.24, 2.45) is 0 Å².